The third-order valence-corrected chi connectivity index (χ3v) is 6.97. The van der Waals surface area contributed by atoms with E-state index in [-0.39, 0.29) is 6.54 Å². The lowest BCUT2D eigenvalue weighted by Crippen LogP contribution is -2.47. The fraction of sp³-hybridized carbons (Fsp3) is 0.923. The van der Waals surface area contributed by atoms with Crippen molar-refractivity contribution in [3.8, 4) is 0 Å². The first-order chi connectivity index (χ1) is 9.26. The van der Waals surface area contributed by atoms with E-state index < -0.39 is 32.8 Å². The average Bonchev–Trinajstić information content (AvgIpc) is 2.97. The number of aliphatic hydroxyl groups is 1. The number of hydrogen-bond donors (Lipinski definition) is 2. The van der Waals surface area contributed by atoms with E-state index in [9.17, 15) is 18.3 Å². The van der Waals surface area contributed by atoms with Crippen molar-refractivity contribution < 1.29 is 23.4 Å². The van der Waals surface area contributed by atoms with E-state index in [2.05, 4.69) is 0 Å². The van der Waals surface area contributed by atoms with Crippen molar-refractivity contribution >= 4 is 16.0 Å². The highest BCUT2D eigenvalue weighted by molar-refractivity contribution is 7.89. The molecule has 2 rings (SSSR count). The molecular formula is C13H23NO5S. The minimum atomic E-state index is -3.67. The van der Waals surface area contributed by atoms with E-state index in [1.807, 2.05) is 0 Å². The molecule has 116 valence electrons. The molecule has 2 aliphatic carbocycles. The van der Waals surface area contributed by atoms with Gasteiger partial charge < -0.3 is 10.2 Å². The van der Waals surface area contributed by atoms with Gasteiger partial charge in [-0.15, -0.1) is 0 Å². The van der Waals surface area contributed by atoms with Gasteiger partial charge in [0.1, 0.15) is 0 Å². The number of nitrogens with zero attached hydrogens (tertiary/aromatic N) is 1. The largest absolute Gasteiger partial charge is 0.481 e. The average molecular weight is 305 g/mol. The maximum absolute atomic E-state index is 12.5. The molecule has 2 saturated carbocycles. The second-order valence-electron chi connectivity index (χ2n) is 6.15. The molecule has 2 aliphatic rings. The number of aliphatic carboxylic acids is 1. The van der Waals surface area contributed by atoms with Gasteiger partial charge in [0.15, 0.2) is 0 Å². The zero-order chi connectivity index (χ0) is 15.0. The summed E-state index contributed by atoms with van der Waals surface area (Å²) in [6.07, 6.45) is 4.47. The predicted octanol–water partition coefficient (Wildman–Crippen LogP) is 0.806. The van der Waals surface area contributed by atoms with Crippen LogP contribution in [0.1, 0.15) is 44.9 Å². The molecule has 0 aromatic carbocycles. The topological polar surface area (TPSA) is 94.9 Å². The number of carbonyl (C=O) groups is 1. The molecular weight excluding hydrogens is 282 g/mol. The number of carboxylic acids is 1. The third-order valence-electron chi connectivity index (χ3n) is 4.64. The quantitative estimate of drug-likeness (QED) is 0.783. The van der Waals surface area contributed by atoms with Crippen LogP contribution in [0.2, 0.25) is 0 Å². The lowest BCUT2D eigenvalue weighted by Gasteiger charge is -2.30. The number of likely N-dealkylation sites (N-methyl/N-ethyl adjacent to an activating group) is 1. The SMILES string of the molecule is CN(CC1(O)CCCC1)S(=O)(=O)C1CCCC1C(=O)O. The number of sulfonamides is 1. The van der Waals surface area contributed by atoms with E-state index in [1.165, 1.54) is 11.4 Å². The standard InChI is InChI=1S/C13H23NO5S/c1-14(9-13(17)7-2-3-8-13)20(18,19)11-6-4-5-10(11)12(15)16/h10-11,17H,2-9H2,1H3,(H,15,16). The normalized spacial score (nSPS) is 29.9. The van der Waals surface area contributed by atoms with Crippen LogP contribution in [0.3, 0.4) is 0 Å². The summed E-state index contributed by atoms with van der Waals surface area (Å²) in [6.45, 7) is 0.0676. The molecule has 0 aliphatic heterocycles. The summed E-state index contributed by atoms with van der Waals surface area (Å²) in [5.41, 5.74) is -0.945. The van der Waals surface area contributed by atoms with Crippen LogP contribution in [0.4, 0.5) is 0 Å². The molecule has 2 N–H and O–H groups in total. The molecule has 7 heteroatoms. The van der Waals surface area contributed by atoms with Crippen LogP contribution in [0, 0.1) is 5.92 Å². The maximum atomic E-state index is 12.5. The third kappa shape index (κ3) is 2.99. The second kappa shape index (κ2) is 5.61. The Bertz CT molecular complexity index is 469. The van der Waals surface area contributed by atoms with Gasteiger partial charge in [-0.1, -0.05) is 19.3 Å². The number of hydrogen-bond acceptors (Lipinski definition) is 4. The van der Waals surface area contributed by atoms with E-state index in [4.69, 9.17) is 5.11 Å². The minimum absolute atomic E-state index is 0.0676. The zero-order valence-electron chi connectivity index (χ0n) is 11.8. The summed E-state index contributed by atoms with van der Waals surface area (Å²) < 4.78 is 26.2. The Labute approximate surface area is 119 Å². The highest BCUT2D eigenvalue weighted by Crippen LogP contribution is 2.35. The van der Waals surface area contributed by atoms with Gasteiger partial charge in [0.05, 0.1) is 16.8 Å². The molecule has 0 saturated heterocycles. The summed E-state index contributed by atoms with van der Waals surface area (Å²) in [7, 11) is -2.22. The van der Waals surface area contributed by atoms with Crippen LogP contribution in [-0.2, 0) is 14.8 Å². The highest BCUT2D eigenvalue weighted by Gasteiger charge is 2.45. The van der Waals surface area contributed by atoms with Crippen molar-refractivity contribution in [3.63, 3.8) is 0 Å². The van der Waals surface area contributed by atoms with E-state index >= 15 is 0 Å². The lowest BCUT2D eigenvalue weighted by atomic mass is 10.0. The number of carboxylic acid groups (broad SMARTS) is 1. The van der Waals surface area contributed by atoms with Gasteiger partial charge in [0.2, 0.25) is 10.0 Å². The summed E-state index contributed by atoms with van der Waals surface area (Å²) in [4.78, 5) is 11.2. The van der Waals surface area contributed by atoms with Crippen LogP contribution in [0.25, 0.3) is 0 Å². The molecule has 0 spiro atoms. The van der Waals surface area contributed by atoms with Crippen LogP contribution in [0.15, 0.2) is 0 Å². The Morgan fingerprint density at radius 1 is 1.25 bits per heavy atom. The van der Waals surface area contributed by atoms with Gasteiger partial charge in [0, 0.05) is 13.6 Å². The van der Waals surface area contributed by atoms with Crippen molar-refractivity contribution in [2.45, 2.75) is 55.8 Å². The molecule has 0 aromatic rings. The second-order valence-corrected chi connectivity index (χ2v) is 8.41. The molecule has 0 aromatic heterocycles. The summed E-state index contributed by atoms with van der Waals surface area (Å²) in [5, 5.41) is 18.6. The Morgan fingerprint density at radius 2 is 1.85 bits per heavy atom. The minimum Gasteiger partial charge on any atom is -0.481 e. The zero-order valence-corrected chi connectivity index (χ0v) is 12.6. The Kier molecular flexibility index (Phi) is 4.41. The van der Waals surface area contributed by atoms with E-state index in [1.54, 1.807) is 0 Å². The van der Waals surface area contributed by atoms with Gasteiger partial charge in [0.25, 0.3) is 0 Å². The lowest BCUT2D eigenvalue weighted by molar-refractivity contribution is -0.141. The Balaban J connectivity index is 2.11. The molecule has 2 unspecified atom stereocenters. The Morgan fingerprint density at radius 3 is 2.40 bits per heavy atom. The monoisotopic (exact) mass is 305 g/mol. The van der Waals surface area contributed by atoms with Crippen LogP contribution >= 0.6 is 0 Å². The fourth-order valence-corrected chi connectivity index (χ4v) is 5.51. The highest BCUT2D eigenvalue weighted by atomic mass is 32.2. The van der Waals surface area contributed by atoms with Crippen molar-refractivity contribution in [2.24, 2.45) is 5.92 Å². The van der Waals surface area contributed by atoms with Crippen molar-refractivity contribution in [3.05, 3.63) is 0 Å². The fourth-order valence-electron chi connectivity index (χ4n) is 3.49. The first-order valence-electron chi connectivity index (χ1n) is 7.17. The van der Waals surface area contributed by atoms with Crippen LogP contribution in [0.5, 0.6) is 0 Å². The molecule has 0 amide bonds. The van der Waals surface area contributed by atoms with Gasteiger partial charge >= 0.3 is 5.97 Å². The smallest absolute Gasteiger partial charge is 0.307 e. The molecule has 0 heterocycles. The molecule has 6 nitrogen and oxygen atoms in total. The Hall–Kier alpha value is -0.660. The summed E-state index contributed by atoms with van der Waals surface area (Å²) in [6, 6.07) is 0. The van der Waals surface area contributed by atoms with Gasteiger partial charge in [-0.3, -0.25) is 4.79 Å². The van der Waals surface area contributed by atoms with E-state index in [0.717, 1.165) is 12.8 Å². The summed E-state index contributed by atoms with van der Waals surface area (Å²) in [5.74, 6) is -1.86. The summed E-state index contributed by atoms with van der Waals surface area (Å²) >= 11 is 0. The first kappa shape index (κ1) is 15.7. The maximum Gasteiger partial charge on any atom is 0.307 e. The van der Waals surface area contributed by atoms with Crippen molar-refractivity contribution in [2.75, 3.05) is 13.6 Å². The molecule has 2 fully saturated rings. The first-order valence-corrected chi connectivity index (χ1v) is 8.67. The number of rotatable bonds is 5. The van der Waals surface area contributed by atoms with Crippen molar-refractivity contribution in [1.29, 1.82) is 0 Å². The predicted molar refractivity (Wildman–Crippen MR) is 73.7 cm³/mol. The molecule has 0 bridgehead atoms. The van der Waals surface area contributed by atoms with E-state index in [0.29, 0.717) is 32.1 Å². The molecule has 2 atom stereocenters. The van der Waals surface area contributed by atoms with Gasteiger partial charge in [-0.05, 0) is 25.7 Å². The van der Waals surface area contributed by atoms with Gasteiger partial charge in [-0.2, -0.15) is 0 Å². The van der Waals surface area contributed by atoms with Crippen molar-refractivity contribution in [1.82, 2.24) is 4.31 Å². The molecule has 0 radical (unpaired) electrons. The van der Waals surface area contributed by atoms with Crippen LogP contribution < -0.4 is 0 Å². The molecule has 20 heavy (non-hydrogen) atoms. The van der Waals surface area contributed by atoms with Crippen LogP contribution in [-0.4, -0.2) is 53.3 Å². The van der Waals surface area contributed by atoms with Gasteiger partial charge in [-0.25, -0.2) is 12.7 Å².